The average Bonchev–Trinajstić information content (AvgIpc) is 3.09. The van der Waals surface area contributed by atoms with Crippen LogP contribution in [0.1, 0.15) is 41.5 Å². The van der Waals surface area contributed by atoms with E-state index in [-0.39, 0.29) is 5.91 Å². The third-order valence-corrected chi connectivity index (χ3v) is 4.45. The Morgan fingerprint density at radius 2 is 1.79 bits per heavy atom. The average molecular weight is 328 g/mol. The van der Waals surface area contributed by atoms with Crippen molar-refractivity contribution in [2.24, 2.45) is 0 Å². The van der Waals surface area contributed by atoms with Gasteiger partial charge in [0.15, 0.2) is 5.82 Å². The summed E-state index contributed by atoms with van der Waals surface area (Å²) in [6.45, 7) is 7.87. The van der Waals surface area contributed by atoms with E-state index in [0.717, 1.165) is 50.4 Å². The Morgan fingerprint density at radius 3 is 2.38 bits per heavy atom. The van der Waals surface area contributed by atoms with Crippen molar-refractivity contribution in [3.05, 3.63) is 47.1 Å². The molecule has 1 saturated heterocycles. The van der Waals surface area contributed by atoms with E-state index in [0.29, 0.717) is 12.4 Å². The van der Waals surface area contributed by atoms with Gasteiger partial charge >= 0.3 is 0 Å². The minimum atomic E-state index is 0.114. The van der Waals surface area contributed by atoms with Crippen LogP contribution in [0.4, 0.5) is 0 Å². The molecule has 1 amide bonds. The van der Waals surface area contributed by atoms with Crippen LogP contribution in [0, 0.1) is 0 Å². The van der Waals surface area contributed by atoms with Gasteiger partial charge in [-0.1, -0.05) is 31.1 Å². The summed E-state index contributed by atoms with van der Waals surface area (Å²) in [7, 11) is 0. The van der Waals surface area contributed by atoms with Crippen molar-refractivity contribution in [3.63, 3.8) is 0 Å². The number of rotatable bonds is 5. The van der Waals surface area contributed by atoms with E-state index in [1.54, 1.807) is 0 Å². The molecule has 0 spiro atoms. The van der Waals surface area contributed by atoms with Crippen LogP contribution in [0.5, 0.6) is 0 Å². The first-order valence-corrected chi connectivity index (χ1v) is 8.61. The maximum absolute atomic E-state index is 12.6. The fourth-order valence-corrected chi connectivity index (χ4v) is 2.86. The predicted molar refractivity (Wildman–Crippen MR) is 90.7 cm³/mol. The van der Waals surface area contributed by atoms with E-state index in [2.05, 4.69) is 22.0 Å². The molecule has 1 aromatic heterocycles. The molecule has 2 aromatic rings. The van der Waals surface area contributed by atoms with Gasteiger partial charge in [0.1, 0.15) is 0 Å². The summed E-state index contributed by atoms with van der Waals surface area (Å²) in [5, 5.41) is 3.92. The molecule has 0 radical (unpaired) electrons. The molecule has 24 heavy (non-hydrogen) atoms. The highest BCUT2D eigenvalue weighted by molar-refractivity contribution is 5.94. The smallest absolute Gasteiger partial charge is 0.253 e. The van der Waals surface area contributed by atoms with Crippen LogP contribution in [-0.2, 0) is 19.4 Å². The second-order valence-corrected chi connectivity index (χ2v) is 6.08. The van der Waals surface area contributed by atoms with E-state index in [4.69, 9.17) is 4.52 Å². The third-order valence-electron chi connectivity index (χ3n) is 4.45. The van der Waals surface area contributed by atoms with Gasteiger partial charge < -0.3 is 9.42 Å². The Balaban J connectivity index is 1.53. The SMILES string of the molecule is CCc1ccc(C(=O)N2CCN(Cc3nc(CC)no3)CC2)cc1. The molecule has 0 N–H and O–H groups in total. The van der Waals surface area contributed by atoms with Crippen LogP contribution in [0.15, 0.2) is 28.8 Å². The predicted octanol–water partition coefficient (Wildman–Crippen LogP) is 2.15. The number of aromatic nitrogens is 2. The number of amides is 1. The van der Waals surface area contributed by atoms with Crippen molar-refractivity contribution in [1.29, 1.82) is 0 Å². The highest BCUT2D eigenvalue weighted by Crippen LogP contribution is 2.12. The fourth-order valence-electron chi connectivity index (χ4n) is 2.86. The molecule has 0 saturated carbocycles. The minimum Gasteiger partial charge on any atom is -0.338 e. The van der Waals surface area contributed by atoms with Crippen LogP contribution < -0.4 is 0 Å². The summed E-state index contributed by atoms with van der Waals surface area (Å²) in [5.74, 6) is 1.51. The van der Waals surface area contributed by atoms with Gasteiger partial charge in [-0.25, -0.2) is 0 Å². The Hall–Kier alpha value is -2.21. The number of aryl methyl sites for hydroxylation is 2. The van der Waals surface area contributed by atoms with Gasteiger partial charge in [-0.15, -0.1) is 0 Å². The fraction of sp³-hybridized carbons (Fsp3) is 0.500. The lowest BCUT2D eigenvalue weighted by molar-refractivity contribution is 0.0615. The Bertz CT molecular complexity index is 673. The number of hydrogen-bond acceptors (Lipinski definition) is 5. The van der Waals surface area contributed by atoms with Gasteiger partial charge in [-0.05, 0) is 24.1 Å². The van der Waals surface area contributed by atoms with E-state index in [1.165, 1.54) is 5.56 Å². The first kappa shape index (κ1) is 16.6. The third kappa shape index (κ3) is 3.82. The minimum absolute atomic E-state index is 0.114. The summed E-state index contributed by atoms with van der Waals surface area (Å²) in [6, 6.07) is 7.92. The zero-order valence-electron chi connectivity index (χ0n) is 14.4. The molecular weight excluding hydrogens is 304 g/mol. The summed E-state index contributed by atoms with van der Waals surface area (Å²) in [5.41, 5.74) is 2.02. The highest BCUT2D eigenvalue weighted by Gasteiger charge is 2.23. The first-order valence-electron chi connectivity index (χ1n) is 8.61. The van der Waals surface area contributed by atoms with Gasteiger partial charge in [0.25, 0.3) is 5.91 Å². The van der Waals surface area contributed by atoms with Gasteiger partial charge in [0.05, 0.1) is 6.54 Å². The molecule has 1 aromatic carbocycles. The first-order chi connectivity index (χ1) is 11.7. The zero-order valence-corrected chi connectivity index (χ0v) is 14.4. The van der Waals surface area contributed by atoms with Crippen molar-refractivity contribution in [3.8, 4) is 0 Å². The van der Waals surface area contributed by atoms with Crippen molar-refractivity contribution in [2.75, 3.05) is 26.2 Å². The van der Waals surface area contributed by atoms with E-state index < -0.39 is 0 Å². The quantitative estimate of drug-likeness (QED) is 0.841. The summed E-state index contributed by atoms with van der Waals surface area (Å²) >= 11 is 0. The van der Waals surface area contributed by atoms with Crippen molar-refractivity contribution in [1.82, 2.24) is 19.9 Å². The normalized spacial score (nSPS) is 15.7. The largest absolute Gasteiger partial charge is 0.338 e. The Morgan fingerprint density at radius 1 is 1.08 bits per heavy atom. The number of piperazine rings is 1. The Labute approximate surface area is 142 Å². The zero-order chi connectivity index (χ0) is 16.9. The lowest BCUT2D eigenvalue weighted by Gasteiger charge is -2.34. The van der Waals surface area contributed by atoms with E-state index >= 15 is 0 Å². The van der Waals surface area contributed by atoms with Crippen molar-refractivity contribution in [2.45, 2.75) is 33.2 Å². The summed E-state index contributed by atoms with van der Waals surface area (Å²) in [4.78, 5) is 21.1. The number of benzene rings is 1. The number of nitrogens with zero attached hydrogens (tertiary/aromatic N) is 4. The number of hydrogen-bond donors (Lipinski definition) is 0. The van der Waals surface area contributed by atoms with Gasteiger partial charge in [-0.3, -0.25) is 9.69 Å². The maximum atomic E-state index is 12.6. The molecular formula is C18H24N4O2. The van der Waals surface area contributed by atoms with Crippen LogP contribution in [0.2, 0.25) is 0 Å². The van der Waals surface area contributed by atoms with E-state index in [1.807, 2.05) is 36.1 Å². The second kappa shape index (κ2) is 7.57. The summed E-state index contributed by atoms with van der Waals surface area (Å²) in [6.07, 6.45) is 1.77. The topological polar surface area (TPSA) is 62.5 Å². The Kier molecular flexibility index (Phi) is 5.25. The molecule has 0 atom stereocenters. The highest BCUT2D eigenvalue weighted by atomic mass is 16.5. The van der Waals surface area contributed by atoms with Gasteiger partial charge in [-0.2, -0.15) is 4.98 Å². The van der Waals surface area contributed by atoms with Crippen molar-refractivity contribution < 1.29 is 9.32 Å². The van der Waals surface area contributed by atoms with Crippen LogP contribution in [0.25, 0.3) is 0 Å². The molecule has 2 heterocycles. The number of carbonyl (C=O) groups is 1. The van der Waals surface area contributed by atoms with Gasteiger partial charge in [0, 0.05) is 38.2 Å². The van der Waals surface area contributed by atoms with Crippen LogP contribution >= 0.6 is 0 Å². The van der Waals surface area contributed by atoms with Gasteiger partial charge in [0.2, 0.25) is 5.89 Å². The molecule has 1 aliphatic rings. The summed E-state index contributed by atoms with van der Waals surface area (Å²) < 4.78 is 5.24. The molecule has 0 unspecified atom stereocenters. The lowest BCUT2D eigenvalue weighted by atomic mass is 10.1. The molecule has 0 bridgehead atoms. The molecule has 0 aliphatic carbocycles. The lowest BCUT2D eigenvalue weighted by Crippen LogP contribution is -2.48. The number of carbonyl (C=O) groups excluding carboxylic acids is 1. The van der Waals surface area contributed by atoms with E-state index in [9.17, 15) is 4.79 Å². The standard InChI is InChI=1S/C18H24N4O2/c1-3-14-5-7-15(8-6-14)18(23)22-11-9-21(10-12-22)13-17-19-16(4-2)20-24-17/h5-8H,3-4,9-13H2,1-2H3. The van der Waals surface area contributed by atoms with Crippen molar-refractivity contribution >= 4 is 5.91 Å². The maximum Gasteiger partial charge on any atom is 0.253 e. The second-order valence-electron chi connectivity index (χ2n) is 6.08. The molecule has 6 heteroatoms. The molecule has 6 nitrogen and oxygen atoms in total. The monoisotopic (exact) mass is 328 g/mol. The van der Waals surface area contributed by atoms with Crippen LogP contribution in [0.3, 0.4) is 0 Å². The molecule has 1 aliphatic heterocycles. The molecule has 1 fully saturated rings. The molecule has 3 rings (SSSR count). The molecule has 128 valence electrons. The van der Waals surface area contributed by atoms with Crippen LogP contribution in [-0.4, -0.2) is 52.0 Å².